The second kappa shape index (κ2) is 13.0. The highest BCUT2D eigenvalue weighted by Crippen LogP contribution is 2.19. The molecular weight excluding hydrogens is 533 g/mol. The second-order valence-corrected chi connectivity index (χ2v) is 9.91. The van der Waals surface area contributed by atoms with Crippen LogP contribution in [0.25, 0.3) is 0 Å². The lowest BCUT2D eigenvalue weighted by Gasteiger charge is -2.24. The molecule has 214 valence electrons. The zero-order chi connectivity index (χ0) is 29.5. The fourth-order valence-corrected chi connectivity index (χ4v) is 4.46. The van der Waals surface area contributed by atoms with Gasteiger partial charge in [0.1, 0.15) is 29.9 Å². The number of amides is 4. The molecule has 0 saturated carbocycles. The van der Waals surface area contributed by atoms with Gasteiger partial charge in [-0.25, -0.2) is 4.39 Å². The Morgan fingerprint density at radius 2 is 1.88 bits per heavy atom. The van der Waals surface area contributed by atoms with Gasteiger partial charge >= 0.3 is 0 Å². The number of aryl methyl sites for hydroxylation is 1. The predicted octanol–water partition coefficient (Wildman–Crippen LogP) is 1.76. The van der Waals surface area contributed by atoms with Crippen LogP contribution in [-0.4, -0.2) is 59.1 Å². The first-order valence-electron chi connectivity index (χ1n) is 13.0. The fraction of sp³-hybridized carbons (Fsp3) is 0.310. The number of nitrogens with one attached hydrogen (secondary N) is 3. The van der Waals surface area contributed by atoms with Crippen LogP contribution in [0.3, 0.4) is 0 Å². The van der Waals surface area contributed by atoms with E-state index in [4.69, 9.17) is 4.52 Å². The Morgan fingerprint density at radius 1 is 1.12 bits per heavy atom. The Bertz CT molecular complexity index is 1440. The average Bonchev–Trinajstić information content (AvgIpc) is 3.40. The van der Waals surface area contributed by atoms with Gasteiger partial charge in [-0.15, -0.1) is 0 Å². The third kappa shape index (κ3) is 7.62. The standard InChI is InChI=1S/C29H30FN5O6/c1-17-12-24(34-41-17)28(39)33-26-20-5-3-4-19(13-20)15-35(2)25(37)11-10-22(16-36)31-27(38)23(32-29(26)40)14-18-6-8-21(30)9-7-18/h3-9,12-13,16,22-23,26H,10-11,14-15H2,1-2H3,(H,31,38)(H,32,40)(H,33,39). The van der Waals surface area contributed by atoms with Crippen molar-refractivity contribution in [3.63, 3.8) is 0 Å². The molecule has 2 heterocycles. The number of carbonyl (C=O) groups is 5. The number of halogens is 1. The molecule has 1 aliphatic rings. The van der Waals surface area contributed by atoms with Crippen molar-refractivity contribution in [3.05, 3.63) is 88.6 Å². The summed E-state index contributed by atoms with van der Waals surface area (Å²) in [6.07, 6.45) is 0.566. The summed E-state index contributed by atoms with van der Waals surface area (Å²) in [7, 11) is 1.61. The first kappa shape index (κ1) is 29.1. The molecule has 3 unspecified atom stereocenters. The Hall–Kier alpha value is -4.87. The maximum Gasteiger partial charge on any atom is 0.274 e. The van der Waals surface area contributed by atoms with Crippen LogP contribution < -0.4 is 16.0 Å². The lowest BCUT2D eigenvalue weighted by molar-refractivity contribution is -0.132. The van der Waals surface area contributed by atoms with Crippen molar-refractivity contribution in [1.29, 1.82) is 0 Å². The van der Waals surface area contributed by atoms with Crippen molar-refractivity contribution in [2.45, 2.75) is 50.9 Å². The molecule has 2 bridgehead atoms. The minimum Gasteiger partial charge on any atom is -0.361 e. The van der Waals surface area contributed by atoms with Gasteiger partial charge in [-0.3, -0.25) is 19.2 Å². The zero-order valence-electron chi connectivity index (χ0n) is 22.6. The Kier molecular flexibility index (Phi) is 9.23. The molecule has 0 radical (unpaired) electrons. The second-order valence-electron chi connectivity index (χ2n) is 9.91. The van der Waals surface area contributed by atoms with Crippen LogP contribution in [0.4, 0.5) is 4.39 Å². The van der Waals surface area contributed by atoms with Crippen molar-refractivity contribution in [1.82, 2.24) is 26.0 Å². The molecule has 1 aliphatic heterocycles. The SMILES string of the molecule is Cc1cc(C(=O)NC2C(=O)NC(Cc3ccc(F)cc3)C(=O)NC(C=O)CCC(=O)N(C)Cc3cccc2c3)no1. The molecular formula is C29H30FN5O6. The number of aldehydes is 1. The molecule has 41 heavy (non-hydrogen) atoms. The van der Waals surface area contributed by atoms with Crippen LogP contribution in [0, 0.1) is 12.7 Å². The van der Waals surface area contributed by atoms with E-state index < -0.39 is 41.7 Å². The summed E-state index contributed by atoms with van der Waals surface area (Å²) in [5.41, 5.74) is 1.60. The van der Waals surface area contributed by atoms with Crippen LogP contribution in [0.2, 0.25) is 0 Å². The van der Waals surface area contributed by atoms with E-state index in [2.05, 4.69) is 21.1 Å². The molecule has 4 amide bonds. The summed E-state index contributed by atoms with van der Waals surface area (Å²) >= 11 is 0. The van der Waals surface area contributed by atoms with E-state index in [1.807, 2.05) is 0 Å². The van der Waals surface area contributed by atoms with E-state index in [1.165, 1.54) is 35.2 Å². The van der Waals surface area contributed by atoms with E-state index in [1.54, 1.807) is 38.2 Å². The molecule has 1 aromatic heterocycles. The van der Waals surface area contributed by atoms with Crippen LogP contribution >= 0.6 is 0 Å². The number of hydrogen-bond donors (Lipinski definition) is 3. The smallest absolute Gasteiger partial charge is 0.274 e. The summed E-state index contributed by atoms with van der Waals surface area (Å²) in [6, 6.07) is 10.2. The van der Waals surface area contributed by atoms with Crippen molar-refractivity contribution < 1.29 is 32.9 Å². The molecule has 0 fully saturated rings. The number of hydrogen-bond acceptors (Lipinski definition) is 7. The molecule has 3 aromatic rings. The van der Waals surface area contributed by atoms with Crippen LogP contribution in [0.5, 0.6) is 0 Å². The third-order valence-corrected chi connectivity index (χ3v) is 6.68. The molecule has 0 spiro atoms. The van der Waals surface area contributed by atoms with Gasteiger partial charge in [-0.1, -0.05) is 41.6 Å². The Labute approximate surface area is 235 Å². The van der Waals surface area contributed by atoms with Crippen molar-refractivity contribution in [2.24, 2.45) is 0 Å². The largest absolute Gasteiger partial charge is 0.361 e. The minimum absolute atomic E-state index is 0.00463. The normalized spacial score (nSPS) is 20.3. The van der Waals surface area contributed by atoms with Gasteiger partial charge in [0.15, 0.2) is 5.69 Å². The van der Waals surface area contributed by atoms with E-state index in [0.717, 1.165) is 0 Å². The zero-order valence-corrected chi connectivity index (χ0v) is 22.6. The van der Waals surface area contributed by atoms with Gasteiger partial charge in [0.05, 0.1) is 6.04 Å². The van der Waals surface area contributed by atoms with E-state index in [-0.39, 0.29) is 37.4 Å². The first-order chi connectivity index (χ1) is 19.6. The number of nitrogens with zero attached hydrogens (tertiary/aromatic N) is 2. The minimum atomic E-state index is -1.27. The summed E-state index contributed by atoms with van der Waals surface area (Å²) in [5, 5.41) is 11.6. The van der Waals surface area contributed by atoms with Gasteiger partial charge in [0.2, 0.25) is 17.7 Å². The molecule has 4 rings (SSSR count). The summed E-state index contributed by atoms with van der Waals surface area (Å²) < 4.78 is 18.5. The van der Waals surface area contributed by atoms with Gasteiger partial charge in [-0.2, -0.15) is 0 Å². The summed E-state index contributed by atoms with van der Waals surface area (Å²) in [5.74, 6) is -2.38. The van der Waals surface area contributed by atoms with Crippen LogP contribution in [0.15, 0.2) is 59.1 Å². The highest BCUT2D eigenvalue weighted by molar-refractivity contribution is 5.98. The van der Waals surface area contributed by atoms with Gasteiger partial charge < -0.3 is 30.2 Å². The van der Waals surface area contributed by atoms with E-state index >= 15 is 0 Å². The number of fused-ring (bicyclic) bond motifs is 2. The van der Waals surface area contributed by atoms with Crippen molar-refractivity contribution >= 4 is 29.9 Å². The molecule has 11 nitrogen and oxygen atoms in total. The number of aromatic nitrogens is 1. The summed E-state index contributed by atoms with van der Waals surface area (Å²) in [6.45, 7) is 1.83. The number of rotatable bonds is 5. The molecule has 0 saturated heterocycles. The molecule has 12 heteroatoms. The Morgan fingerprint density at radius 3 is 2.56 bits per heavy atom. The molecule has 3 atom stereocenters. The summed E-state index contributed by atoms with van der Waals surface area (Å²) in [4.78, 5) is 66.1. The van der Waals surface area contributed by atoms with Crippen molar-refractivity contribution in [2.75, 3.05) is 7.05 Å². The van der Waals surface area contributed by atoms with E-state index in [9.17, 15) is 28.4 Å². The highest BCUT2D eigenvalue weighted by atomic mass is 19.1. The lowest BCUT2D eigenvalue weighted by Crippen LogP contribution is -2.53. The fourth-order valence-electron chi connectivity index (χ4n) is 4.46. The number of benzene rings is 2. The van der Waals surface area contributed by atoms with Crippen LogP contribution in [-0.2, 0) is 32.1 Å². The first-order valence-corrected chi connectivity index (χ1v) is 13.0. The number of carbonyl (C=O) groups excluding carboxylic acids is 5. The predicted molar refractivity (Wildman–Crippen MR) is 144 cm³/mol. The quantitative estimate of drug-likeness (QED) is 0.400. The molecule has 3 N–H and O–H groups in total. The molecule has 0 aliphatic carbocycles. The van der Waals surface area contributed by atoms with E-state index in [0.29, 0.717) is 28.7 Å². The van der Waals surface area contributed by atoms with Gasteiger partial charge in [0, 0.05) is 32.5 Å². The highest BCUT2D eigenvalue weighted by Gasteiger charge is 2.31. The topological polar surface area (TPSA) is 151 Å². The monoisotopic (exact) mass is 563 g/mol. The van der Waals surface area contributed by atoms with Gasteiger partial charge in [-0.05, 0) is 42.2 Å². The average molecular weight is 564 g/mol. The Balaban J connectivity index is 1.72. The third-order valence-electron chi connectivity index (χ3n) is 6.68. The maximum absolute atomic E-state index is 13.8. The van der Waals surface area contributed by atoms with Gasteiger partial charge in [0.25, 0.3) is 5.91 Å². The lowest BCUT2D eigenvalue weighted by atomic mass is 10.0. The maximum atomic E-state index is 13.8. The molecule has 2 aromatic carbocycles. The van der Waals surface area contributed by atoms with Crippen molar-refractivity contribution in [3.8, 4) is 0 Å². The van der Waals surface area contributed by atoms with Crippen LogP contribution in [0.1, 0.15) is 51.8 Å².